The number of nitrogens with zero attached hydrogens (tertiary/aromatic N) is 1. The molecule has 0 aromatic rings. The average Bonchev–Trinajstić information content (AvgIpc) is 2.49. The molecule has 2 atom stereocenters. The van der Waals surface area contributed by atoms with Gasteiger partial charge in [-0.2, -0.15) is 5.84 Å². The van der Waals surface area contributed by atoms with Gasteiger partial charge in [0.25, 0.3) is 0 Å². The van der Waals surface area contributed by atoms with Gasteiger partial charge >= 0.3 is 0 Å². The van der Waals surface area contributed by atoms with Crippen LogP contribution in [0.5, 0.6) is 0 Å². The highest BCUT2D eigenvalue weighted by molar-refractivity contribution is 6.17. The van der Waals surface area contributed by atoms with Crippen molar-refractivity contribution < 1.29 is 4.59 Å². The molecular formula is C18H38ClN2+. The number of likely N-dealkylation sites (tertiary alicyclic amines) is 1. The zero-order valence-corrected chi connectivity index (χ0v) is 15.0. The molecule has 0 bridgehead atoms. The van der Waals surface area contributed by atoms with Crippen molar-refractivity contribution in [2.45, 2.75) is 96.4 Å². The van der Waals surface area contributed by atoms with E-state index in [1.165, 1.54) is 90.1 Å². The number of unbranched alkanes of at least 4 members (excludes halogenated alkanes) is 7. The summed E-state index contributed by atoms with van der Waals surface area (Å²) < 4.78 is 0.840. The number of halogens is 1. The normalized spacial score (nSPS) is 26.1. The SMILES string of the molecule is CCCCCCCCCC[N+]1(N)CCCCC1CCCCl. The van der Waals surface area contributed by atoms with Gasteiger partial charge in [-0.25, -0.2) is 4.59 Å². The van der Waals surface area contributed by atoms with Crippen molar-refractivity contribution in [1.82, 2.24) is 0 Å². The van der Waals surface area contributed by atoms with Crippen LogP contribution in [0.25, 0.3) is 0 Å². The molecule has 0 aromatic carbocycles. The number of piperidine rings is 1. The quantitative estimate of drug-likeness (QED) is 0.222. The molecule has 1 saturated heterocycles. The summed E-state index contributed by atoms with van der Waals surface area (Å²) in [6.45, 7) is 4.65. The number of quaternary nitrogens is 1. The minimum absolute atomic E-state index is 0.669. The van der Waals surface area contributed by atoms with E-state index in [0.29, 0.717) is 6.04 Å². The lowest BCUT2D eigenvalue weighted by molar-refractivity contribution is -0.967. The zero-order valence-electron chi connectivity index (χ0n) is 14.3. The second kappa shape index (κ2) is 11.7. The van der Waals surface area contributed by atoms with Crippen LogP contribution in [0.1, 0.15) is 90.4 Å². The summed E-state index contributed by atoms with van der Waals surface area (Å²) in [6.07, 6.45) is 17.4. The number of hydrogen-bond donors (Lipinski definition) is 1. The van der Waals surface area contributed by atoms with Crippen LogP contribution in [-0.4, -0.2) is 29.6 Å². The van der Waals surface area contributed by atoms with Crippen molar-refractivity contribution in [1.29, 1.82) is 0 Å². The minimum atomic E-state index is 0.669. The van der Waals surface area contributed by atoms with Crippen molar-refractivity contribution in [3.05, 3.63) is 0 Å². The summed E-state index contributed by atoms with van der Waals surface area (Å²) in [7, 11) is 0. The highest BCUT2D eigenvalue weighted by atomic mass is 35.5. The van der Waals surface area contributed by atoms with Gasteiger partial charge in [0, 0.05) is 18.7 Å². The van der Waals surface area contributed by atoms with E-state index in [-0.39, 0.29) is 0 Å². The Labute approximate surface area is 138 Å². The third-order valence-electron chi connectivity index (χ3n) is 5.19. The number of alkyl halides is 1. The Kier molecular flexibility index (Phi) is 10.8. The average molecular weight is 318 g/mol. The largest absolute Gasteiger partial charge is 0.246 e. The Morgan fingerprint density at radius 2 is 1.62 bits per heavy atom. The lowest BCUT2D eigenvalue weighted by Crippen LogP contribution is -2.63. The number of hydrogen-bond acceptors (Lipinski definition) is 1. The highest BCUT2D eigenvalue weighted by Gasteiger charge is 2.35. The maximum absolute atomic E-state index is 6.72. The molecule has 0 radical (unpaired) electrons. The molecule has 0 amide bonds. The summed E-state index contributed by atoms with van der Waals surface area (Å²) in [4.78, 5) is 0. The molecule has 0 aliphatic carbocycles. The number of rotatable bonds is 12. The minimum Gasteiger partial charge on any atom is -0.246 e. The zero-order chi connectivity index (χ0) is 15.4. The summed E-state index contributed by atoms with van der Waals surface area (Å²) in [5.41, 5.74) is 0. The first-order chi connectivity index (χ1) is 10.2. The van der Waals surface area contributed by atoms with Gasteiger partial charge in [0.1, 0.15) is 6.04 Å². The summed E-state index contributed by atoms with van der Waals surface area (Å²) in [5, 5.41) is 0. The molecule has 2 N–H and O–H groups in total. The molecule has 1 fully saturated rings. The van der Waals surface area contributed by atoms with Gasteiger partial charge in [-0.15, -0.1) is 11.6 Å². The Balaban J connectivity index is 2.14. The van der Waals surface area contributed by atoms with Crippen molar-refractivity contribution >= 4 is 11.6 Å². The van der Waals surface area contributed by atoms with Gasteiger partial charge in [-0.3, -0.25) is 0 Å². The van der Waals surface area contributed by atoms with Crippen molar-refractivity contribution in [3.63, 3.8) is 0 Å². The first-order valence-electron chi connectivity index (χ1n) is 9.44. The van der Waals surface area contributed by atoms with Crippen molar-refractivity contribution in [2.75, 3.05) is 19.0 Å². The van der Waals surface area contributed by atoms with Crippen LogP contribution in [0.15, 0.2) is 0 Å². The van der Waals surface area contributed by atoms with Crippen LogP contribution in [-0.2, 0) is 0 Å². The number of nitrogens with two attached hydrogens (primary N) is 1. The van der Waals surface area contributed by atoms with Gasteiger partial charge in [0.15, 0.2) is 0 Å². The second-order valence-electron chi connectivity index (χ2n) is 7.01. The van der Waals surface area contributed by atoms with E-state index in [9.17, 15) is 0 Å². The molecule has 0 aromatic heterocycles. The third kappa shape index (κ3) is 7.85. The van der Waals surface area contributed by atoms with E-state index in [4.69, 9.17) is 17.4 Å². The van der Waals surface area contributed by atoms with E-state index in [1.54, 1.807) is 0 Å². The molecule has 1 rings (SSSR count). The first-order valence-corrected chi connectivity index (χ1v) is 9.97. The fourth-order valence-corrected chi connectivity index (χ4v) is 3.93. The molecule has 2 unspecified atom stereocenters. The molecule has 3 heteroatoms. The maximum atomic E-state index is 6.72. The maximum Gasteiger partial charge on any atom is 0.106 e. The van der Waals surface area contributed by atoms with Crippen LogP contribution in [0.4, 0.5) is 0 Å². The Morgan fingerprint density at radius 3 is 2.29 bits per heavy atom. The lowest BCUT2D eigenvalue weighted by atomic mass is 9.96. The molecule has 2 nitrogen and oxygen atoms in total. The van der Waals surface area contributed by atoms with Gasteiger partial charge in [-0.05, 0) is 32.1 Å². The Morgan fingerprint density at radius 1 is 0.952 bits per heavy atom. The standard InChI is InChI=1S/C18H38ClN2/c1-2-3-4-5-6-7-8-10-16-21(20)17-11-9-13-18(21)14-12-15-19/h18H,2-17,20H2,1H3/q+1. The van der Waals surface area contributed by atoms with Gasteiger partial charge in [0.2, 0.25) is 0 Å². The van der Waals surface area contributed by atoms with E-state index in [1.807, 2.05) is 0 Å². The lowest BCUT2D eigenvalue weighted by Gasteiger charge is -2.43. The van der Waals surface area contributed by atoms with Crippen LogP contribution >= 0.6 is 11.6 Å². The monoisotopic (exact) mass is 317 g/mol. The van der Waals surface area contributed by atoms with Crippen LogP contribution < -0.4 is 5.84 Å². The van der Waals surface area contributed by atoms with E-state index in [0.717, 1.165) is 16.9 Å². The van der Waals surface area contributed by atoms with E-state index < -0.39 is 0 Å². The first kappa shape index (κ1) is 19.3. The molecule has 1 heterocycles. The van der Waals surface area contributed by atoms with Crippen molar-refractivity contribution in [3.8, 4) is 0 Å². The summed E-state index contributed by atoms with van der Waals surface area (Å²) in [5.74, 6) is 7.50. The molecule has 126 valence electrons. The predicted molar refractivity (Wildman–Crippen MR) is 94.4 cm³/mol. The van der Waals surface area contributed by atoms with Gasteiger partial charge in [-0.1, -0.05) is 45.4 Å². The van der Waals surface area contributed by atoms with Gasteiger partial charge < -0.3 is 0 Å². The summed E-state index contributed by atoms with van der Waals surface area (Å²) in [6, 6.07) is 0.669. The molecule has 21 heavy (non-hydrogen) atoms. The van der Waals surface area contributed by atoms with Crippen molar-refractivity contribution in [2.24, 2.45) is 5.84 Å². The van der Waals surface area contributed by atoms with Crippen LogP contribution in [0.2, 0.25) is 0 Å². The molecular weight excluding hydrogens is 280 g/mol. The predicted octanol–water partition coefficient (Wildman–Crippen LogP) is 5.39. The summed E-state index contributed by atoms with van der Waals surface area (Å²) >= 11 is 5.86. The smallest absolute Gasteiger partial charge is 0.106 e. The topological polar surface area (TPSA) is 26.0 Å². The fourth-order valence-electron chi connectivity index (χ4n) is 3.77. The highest BCUT2D eigenvalue weighted by Crippen LogP contribution is 2.26. The third-order valence-corrected chi connectivity index (χ3v) is 5.46. The molecule has 0 saturated carbocycles. The Hall–Kier alpha value is 0.210. The molecule has 0 spiro atoms. The second-order valence-corrected chi connectivity index (χ2v) is 7.38. The van der Waals surface area contributed by atoms with E-state index >= 15 is 0 Å². The Bertz CT molecular complexity index is 247. The van der Waals surface area contributed by atoms with Crippen LogP contribution in [0.3, 0.4) is 0 Å². The molecule has 1 aliphatic heterocycles. The van der Waals surface area contributed by atoms with Crippen LogP contribution in [0, 0.1) is 0 Å². The fraction of sp³-hybridized carbons (Fsp3) is 1.00. The molecule has 1 aliphatic rings. The van der Waals surface area contributed by atoms with Gasteiger partial charge in [0.05, 0.1) is 13.1 Å². The van der Waals surface area contributed by atoms with E-state index in [2.05, 4.69) is 6.92 Å².